The Hall–Kier alpha value is -2.19. The summed E-state index contributed by atoms with van der Waals surface area (Å²) in [7, 11) is 1.64. The first-order chi connectivity index (χ1) is 14.1. The topological polar surface area (TPSA) is 76.4 Å². The number of hydrogen-bond acceptors (Lipinski definition) is 4. The summed E-state index contributed by atoms with van der Waals surface area (Å²) in [6.45, 7) is 3.80. The summed E-state index contributed by atoms with van der Waals surface area (Å²) >= 11 is 6.22. The van der Waals surface area contributed by atoms with Gasteiger partial charge in [0.1, 0.15) is 18.2 Å². The van der Waals surface area contributed by atoms with Gasteiger partial charge in [-0.05, 0) is 31.9 Å². The third-order valence-electron chi connectivity index (χ3n) is 5.32. The molecule has 0 radical (unpaired) electrons. The molecule has 7 nitrogen and oxygen atoms in total. The van der Waals surface area contributed by atoms with E-state index in [1.165, 1.54) is 6.07 Å². The number of nitrogens with zero attached hydrogens (tertiary/aromatic N) is 4. The number of nitrogens with one attached hydrogen (secondary N) is 2. The maximum absolute atomic E-state index is 14.2. The molecule has 4 rings (SSSR count). The van der Waals surface area contributed by atoms with E-state index in [0.29, 0.717) is 29.6 Å². The van der Waals surface area contributed by atoms with Gasteiger partial charge in [-0.2, -0.15) is 5.10 Å². The van der Waals surface area contributed by atoms with E-state index in [-0.39, 0.29) is 23.8 Å². The van der Waals surface area contributed by atoms with Crippen molar-refractivity contribution in [2.45, 2.75) is 57.3 Å². The zero-order valence-electron chi connectivity index (χ0n) is 16.7. The van der Waals surface area contributed by atoms with Crippen molar-refractivity contribution in [3.05, 3.63) is 46.3 Å². The fourth-order valence-corrected chi connectivity index (χ4v) is 4.17. The molecule has 9 heteroatoms. The third-order valence-corrected chi connectivity index (χ3v) is 5.65. The Balaban J connectivity index is 1.38. The second-order valence-electron chi connectivity index (χ2n) is 7.49. The Morgan fingerprint density at radius 3 is 3.03 bits per heavy atom. The van der Waals surface area contributed by atoms with Gasteiger partial charge in [0.05, 0.1) is 6.54 Å². The number of guanidine groups is 1. The van der Waals surface area contributed by atoms with Gasteiger partial charge in [-0.3, -0.25) is 4.99 Å². The second kappa shape index (κ2) is 8.67. The third kappa shape index (κ3) is 4.53. The second-order valence-corrected chi connectivity index (χ2v) is 7.90. The van der Waals surface area contributed by atoms with Gasteiger partial charge in [0.15, 0.2) is 11.8 Å². The van der Waals surface area contributed by atoms with E-state index in [1.54, 1.807) is 19.2 Å². The molecule has 1 aliphatic carbocycles. The minimum Gasteiger partial charge on any atom is -0.377 e. The molecule has 3 atom stereocenters. The molecule has 0 saturated heterocycles. The zero-order valence-corrected chi connectivity index (χ0v) is 17.4. The van der Waals surface area contributed by atoms with Crippen LogP contribution in [0.5, 0.6) is 0 Å². The number of hydrogen-bond donors (Lipinski definition) is 2. The van der Waals surface area contributed by atoms with Crippen LogP contribution in [-0.2, 0) is 24.3 Å². The lowest BCUT2D eigenvalue weighted by molar-refractivity contribution is 0.177. The Morgan fingerprint density at radius 2 is 2.28 bits per heavy atom. The van der Waals surface area contributed by atoms with Gasteiger partial charge in [-0.15, -0.1) is 0 Å². The van der Waals surface area contributed by atoms with Gasteiger partial charge < -0.3 is 15.4 Å². The van der Waals surface area contributed by atoms with Crippen LogP contribution in [0, 0.1) is 5.82 Å². The fourth-order valence-electron chi connectivity index (χ4n) is 3.87. The van der Waals surface area contributed by atoms with Crippen molar-refractivity contribution in [2.75, 3.05) is 13.7 Å². The lowest BCUT2D eigenvalue weighted by Crippen LogP contribution is -2.48. The van der Waals surface area contributed by atoms with Crippen molar-refractivity contribution >= 4 is 17.6 Å². The number of halogens is 2. The highest BCUT2D eigenvalue weighted by atomic mass is 35.5. The largest absolute Gasteiger partial charge is 0.377 e. The van der Waals surface area contributed by atoms with E-state index in [9.17, 15) is 4.39 Å². The Kier molecular flexibility index (Phi) is 6.01. The SMILES string of the molecule is CCN=C(NC1CCc2nc(COC)nn2C1)NC1CC1c1c(F)cccc1Cl. The number of ether oxygens (including phenoxy) is 1. The minimum absolute atomic E-state index is 0.0671. The van der Waals surface area contributed by atoms with Crippen molar-refractivity contribution in [3.8, 4) is 0 Å². The van der Waals surface area contributed by atoms with Gasteiger partial charge in [-0.25, -0.2) is 14.1 Å². The van der Waals surface area contributed by atoms with E-state index in [2.05, 4.69) is 25.7 Å². The number of fused-ring (bicyclic) bond motifs is 1. The van der Waals surface area contributed by atoms with Gasteiger partial charge in [0, 0.05) is 48.7 Å². The molecule has 29 heavy (non-hydrogen) atoms. The highest BCUT2D eigenvalue weighted by Gasteiger charge is 2.42. The van der Waals surface area contributed by atoms with Crippen molar-refractivity contribution in [3.63, 3.8) is 0 Å². The summed E-state index contributed by atoms with van der Waals surface area (Å²) in [6, 6.07) is 5.17. The summed E-state index contributed by atoms with van der Waals surface area (Å²) < 4.78 is 21.3. The minimum atomic E-state index is -0.244. The quantitative estimate of drug-likeness (QED) is 0.555. The molecule has 2 aliphatic rings. The molecule has 1 aliphatic heterocycles. The van der Waals surface area contributed by atoms with Crippen molar-refractivity contribution < 1.29 is 9.13 Å². The van der Waals surface area contributed by atoms with Crippen LogP contribution < -0.4 is 10.6 Å². The number of aliphatic imine (C=N–C) groups is 1. The maximum Gasteiger partial charge on any atom is 0.191 e. The van der Waals surface area contributed by atoms with E-state index < -0.39 is 0 Å². The van der Waals surface area contributed by atoms with Crippen LogP contribution in [0.1, 0.15) is 42.9 Å². The molecule has 0 amide bonds. The van der Waals surface area contributed by atoms with Crippen molar-refractivity contribution in [1.29, 1.82) is 0 Å². The molecule has 2 aromatic rings. The summed E-state index contributed by atoms with van der Waals surface area (Å²) in [5, 5.41) is 11.9. The van der Waals surface area contributed by atoms with Gasteiger partial charge in [-0.1, -0.05) is 17.7 Å². The molecule has 0 bridgehead atoms. The lowest BCUT2D eigenvalue weighted by atomic mass is 10.1. The maximum atomic E-state index is 14.2. The molecule has 3 unspecified atom stereocenters. The summed E-state index contributed by atoms with van der Waals surface area (Å²) in [5.41, 5.74) is 0.595. The molecule has 1 saturated carbocycles. The normalized spacial score (nSPS) is 23.6. The summed E-state index contributed by atoms with van der Waals surface area (Å²) in [6.07, 6.45) is 2.64. The predicted octanol–water partition coefficient (Wildman–Crippen LogP) is 2.64. The first-order valence-electron chi connectivity index (χ1n) is 10.0. The van der Waals surface area contributed by atoms with E-state index in [1.807, 2.05) is 11.6 Å². The van der Waals surface area contributed by atoms with Crippen molar-refractivity contribution in [1.82, 2.24) is 25.4 Å². The van der Waals surface area contributed by atoms with Crippen LogP contribution in [0.2, 0.25) is 5.02 Å². The molecular formula is C20H26ClFN6O. The first-order valence-corrected chi connectivity index (χ1v) is 10.4. The summed E-state index contributed by atoms with van der Waals surface area (Å²) in [4.78, 5) is 9.08. The highest BCUT2D eigenvalue weighted by molar-refractivity contribution is 6.31. The Labute approximate surface area is 174 Å². The monoisotopic (exact) mass is 420 g/mol. The van der Waals surface area contributed by atoms with Crippen LogP contribution in [-0.4, -0.2) is 46.5 Å². The fraction of sp³-hybridized carbons (Fsp3) is 0.550. The van der Waals surface area contributed by atoms with Crippen LogP contribution in [0.15, 0.2) is 23.2 Å². The molecule has 1 fully saturated rings. The van der Waals surface area contributed by atoms with Crippen LogP contribution in [0.3, 0.4) is 0 Å². The number of benzene rings is 1. The number of aromatic nitrogens is 3. The molecule has 2 heterocycles. The molecule has 1 aromatic heterocycles. The zero-order chi connectivity index (χ0) is 20.4. The van der Waals surface area contributed by atoms with E-state index in [0.717, 1.165) is 37.6 Å². The molecule has 1 aromatic carbocycles. The Bertz CT molecular complexity index is 881. The van der Waals surface area contributed by atoms with Crippen molar-refractivity contribution in [2.24, 2.45) is 4.99 Å². The van der Waals surface area contributed by atoms with Crippen LogP contribution in [0.25, 0.3) is 0 Å². The summed E-state index contributed by atoms with van der Waals surface area (Å²) in [5.74, 6) is 2.28. The van der Waals surface area contributed by atoms with E-state index >= 15 is 0 Å². The number of aryl methyl sites for hydroxylation is 1. The van der Waals surface area contributed by atoms with Gasteiger partial charge >= 0.3 is 0 Å². The predicted molar refractivity (Wildman–Crippen MR) is 110 cm³/mol. The van der Waals surface area contributed by atoms with Gasteiger partial charge in [0.2, 0.25) is 0 Å². The van der Waals surface area contributed by atoms with Gasteiger partial charge in [0.25, 0.3) is 0 Å². The lowest BCUT2D eigenvalue weighted by Gasteiger charge is -2.25. The van der Waals surface area contributed by atoms with Crippen LogP contribution >= 0.6 is 11.6 Å². The Morgan fingerprint density at radius 1 is 1.41 bits per heavy atom. The van der Waals surface area contributed by atoms with Crippen LogP contribution in [0.4, 0.5) is 4.39 Å². The first kappa shape index (κ1) is 20.1. The average Bonchev–Trinajstić information content (AvgIpc) is 3.30. The number of methoxy groups -OCH3 is 1. The smallest absolute Gasteiger partial charge is 0.191 e. The molecule has 156 valence electrons. The highest BCUT2D eigenvalue weighted by Crippen LogP contribution is 2.44. The molecule has 0 spiro atoms. The average molecular weight is 421 g/mol. The molecule has 2 N–H and O–H groups in total. The number of rotatable bonds is 6. The molecular weight excluding hydrogens is 395 g/mol. The van der Waals surface area contributed by atoms with E-state index in [4.69, 9.17) is 16.3 Å². The standard InChI is InChI=1S/C20H26ClFN6O/c1-3-23-20(25-16-9-13(16)19-14(21)5-4-6-15(19)22)24-12-7-8-18-26-17(11-29-2)27-28(18)10-12/h4-6,12-13,16H,3,7-11H2,1-2H3,(H2,23,24,25).